The Morgan fingerprint density at radius 3 is 2.24 bits per heavy atom. The molecule has 1 heterocycles. The molecule has 0 bridgehead atoms. The molecule has 3 aromatic rings. The number of benzene rings is 2. The van der Waals surface area contributed by atoms with E-state index in [0.717, 1.165) is 16.8 Å². The smallest absolute Gasteiger partial charge is 0.305 e. The summed E-state index contributed by atoms with van der Waals surface area (Å²) in [5.74, 6) is -0.289. The van der Waals surface area contributed by atoms with Crippen LogP contribution in [0.2, 0.25) is 0 Å². The largest absolute Gasteiger partial charge is 0.466 e. The molecule has 0 aliphatic rings. The monoisotopic (exact) mass is 386 g/mol. The molecule has 3 rings (SSSR count). The lowest BCUT2D eigenvalue weighted by molar-refractivity contribution is -0.143. The molecule has 146 valence electrons. The van der Waals surface area contributed by atoms with Crippen molar-refractivity contribution >= 4 is 5.97 Å². The molecule has 0 atom stereocenters. The molecule has 1 aromatic heterocycles. The normalized spacial score (nSPS) is 10.3. The second-order valence-electron chi connectivity index (χ2n) is 6.53. The minimum Gasteiger partial charge on any atom is -0.466 e. The number of nitriles is 1. The molecule has 0 fully saturated rings. The Balaban J connectivity index is 2.10. The third-order valence-electron chi connectivity index (χ3n) is 4.63. The summed E-state index contributed by atoms with van der Waals surface area (Å²) in [6.45, 7) is 2.42. The number of aromatic nitrogens is 1. The van der Waals surface area contributed by atoms with Gasteiger partial charge in [0.05, 0.1) is 12.3 Å². The second-order valence-corrected chi connectivity index (χ2v) is 6.53. The zero-order chi connectivity index (χ0) is 20.6. The average molecular weight is 386 g/mol. The summed E-state index contributed by atoms with van der Waals surface area (Å²) in [6, 6.07) is 23.0. The maximum Gasteiger partial charge on any atom is 0.305 e. The molecule has 29 heavy (non-hydrogen) atoms. The SMILES string of the molecule is CCOC(=O)CCCn1c(-c2ccccc2)cc(-c2ccccc2)c(C#N)c1=O. The molecule has 0 spiro atoms. The van der Waals surface area contributed by atoms with Crippen molar-refractivity contribution in [2.24, 2.45) is 0 Å². The van der Waals surface area contributed by atoms with Gasteiger partial charge in [-0.05, 0) is 30.5 Å². The van der Waals surface area contributed by atoms with E-state index < -0.39 is 0 Å². The first-order chi connectivity index (χ1) is 14.2. The number of nitrogens with zero attached hydrogens (tertiary/aromatic N) is 2. The van der Waals surface area contributed by atoms with E-state index in [2.05, 4.69) is 6.07 Å². The second kappa shape index (κ2) is 9.52. The molecule has 0 N–H and O–H groups in total. The van der Waals surface area contributed by atoms with Crippen LogP contribution in [0.4, 0.5) is 0 Å². The lowest BCUT2D eigenvalue weighted by Gasteiger charge is -2.16. The summed E-state index contributed by atoms with van der Waals surface area (Å²) in [5, 5.41) is 9.69. The Bertz CT molecular complexity index is 1080. The van der Waals surface area contributed by atoms with Gasteiger partial charge in [-0.1, -0.05) is 60.7 Å². The van der Waals surface area contributed by atoms with E-state index in [9.17, 15) is 14.9 Å². The van der Waals surface area contributed by atoms with Crippen molar-refractivity contribution in [1.29, 1.82) is 5.26 Å². The number of rotatable bonds is 7. The lowest BCUT2D eigenvalue weighted by Crippen LogP contribution is -2.25. The van der Waals surface area contributed by atoms with Gasteiger partial charge in [-0.2, -0.15) is 5.26 Å². The Morgan fingerprint density at radius 2 is 1.66 bits per heavy atom. The van der Waals surface area contributed by atoms with Gasteiger partial charge in [0.25, 0.3) is 5.56 Å². The molecular weight excluding hydrogens is 364 g/mol. The number of hydrogen-bond donors (Lipinski definition) is 0. The van der Waals surface area contributed by atoms with Crippen LogP contribution >= 0.6 is 0 Å². The standard InChI is InChI=1S/C24H22N2O3/c1-2-29-23(27)14-9-15-26-22(19-12-7-4-8-13-19)16-20(21(17-25)24(26)28)18-10-5-3-6-11-18/h3-8,10-13,16H,2,9,14-15H2,1H3. The van der Waals surface area contributed by atoms with Crippen molar-refractivity contribution in [3.8, 4) is 28.5 Å². The Kier molecular flexibility index (Phi) is 6.59. The minimum atomic E-state index is -0.350. The molecule has 0 saturated carbocycles. The molecule has 0 amide bonds. The summed E-state index contributed by atoms with van der Waals surface area (Å²) in [4.78, 5) is 24.9. The molecular formula is C24H22N2O3. The fourth-order valence-electron chi connectivity index (χ4n) is 3.28. The van der Waals surface area contributed by atoms with Crippen molar-refractivity contribution in [1.82, 2.24) is 4.57 Å². The van der Waals surface area contributed by atoms with Gasteiger partial charge in [0.2, 0.25) is 0 Å². The fourth-order valence-corrected chi connectivity index (χ4v) is 3.28. The highest BCUT2D eigenvalue weighted by Crippen LogP contribution is 2.27. The highest BCUT2D eigenvalue weighted by molar-refractivity contribution is 5.75. The quantitative estimate of drug-likeness (QED) is 0.564. The van der Waals surface area contributed by atoms with Crippen LogP contribution in [0.3, 0.4) is 0 Å². The van der Waals surface area contributed by atoms with Crippen molar-refractivity contribution < 1.29 is 9.53 Å². The fraction of sp³-hybridized carbons (Fsp3) is 0.208. The molecule has 5 heteroatoms. The van der Waals surface area contributed by atoms with Crippen LogP contribution in [0.25, 0.3) is 22.4 Å². The number of carbonyl (C=O) groups is 1. The minimum absolute atomic E-state index is 0.104. The van der Waals surface area contributed by atoms with Crippen LogP contribution < -0.4 is 5.56 Å². The molecule has 2 aromatic carbocycles. The van der Waals surface area contributed by atoms with Gasteiger partial charge in [0.1, 0.15) is 11.6 Å². The van der Waals surface area contributed by atoms with Crippen LogP contribution in [0.5, 0.6) is 0 Å². The van der Waals surface area contributed by atoms with Gasteiger partial charge >= 0.3 is 5.97 Å². The van der Waals surface area contributed by atoms with Crippen molar-refractivity contribution in [2.45, 2.75) is 26.3 Å². The van der Waals surface area contributed by atoms with Crippen LogP contribution in [0, 0.1) is 11.3 Å². The summed E-state index contributed by atoms with van der Waals surface area (Å²) in [5.41, 5.74) is 2.78. The maximum absolute atomic E-state index is 13.2. The first kappa shape index (κ1) is 20.1. The molecule has 0 radical (unpaired) electrons. The van der Waals surface area contributed by atoms with E-state index in [4.69, 9.17) is 4.74 Å². The number of carbonyl (C=O) groups excluding carboxylic acids is 1. The summed E-state index contributed by atoms with van der Waals surface area (Å²) >= 11 is 0. The Morgan fingerprint density at radius 1 is 1.03 bits per heavy atom. The number of ether oxygens (including phenoxy) is 1. The first-order valence-corrected chi connectivity index (χ1v) is 9.60. The number of hydrogen-bond acceptors (Lipinski definition) is 4. The molecule has 0 aliphatic carbocycles. The van der Waals surface area contributed by atoms with E-state index in [1.807, 2.05) is 66.7 Å². The van der Waals surface area contributed by atoms with Crippen molar-refractivity contribution in [2.75, 3.05) is 6.61 Å². The van der Waals surface area contributed by atoms with E-state index >= 15 is 0 Å². The van der Waals surface area contributed by atoms with Gasteiger partial charge < -0.3 is 9.30 Å². The molecule has 5 nitrogen and oxygen atoms in total. The zero-order valence-electron chi connectivity index (χ0n) is 16.3. The van der Waals surface area contributed by atoms with Gasteiger partial charge in [-0.3, -0.25) is 9.59 Å². The third kappa shape index (κ3) is 4.61. The van der Waals surface area contributed by atoms with Crippen molar-refractivity contribution in [3.05, 3.63) is 82.6 Å². The predicted molar refractivity (Wildman–Crippen MR) is 112 cm³/mol. The molecule has 0 aliphatic heterocycles. The highest BCUT2D eigenvalue weighted by atomic mass is 16.5. The van der Waals surface area contributed by atoms with Gasteiger partial charge in [-0.15, -0.1) is 0 Å². The van der Waals surface area contributed by atoms with E-state index in [1.54, 1.807) is 11.5 Å². The third-order valence-corrected chi connectivity index (χ3v) is 4.63. The number of pyridine rings is 1. The van der Waals surface area contributed by atoms with Gasteiger partial charge in [-0.25, -0.2) is 0 Å². The molecule has 0 unspecified atom stereocenters. The van der Waals surface area contributed by atoms with E-state index in [1.165, 1.54) is 0 Å². The maximum atomic E-state index is 13.2. The Hall–Kier alpha value is -3.65. The van der Waals surface area contributed by atoms with Crippen LogP contribution in [-0.4, -0.2) is 17.1 Å². The average Bonchev–Trinajstić information content (AvgIpc) is 2.76. The van der Waals surface area contributed by atoms with E-state index in [0.29, 0.717) is 25.1 Å². The Labute approximate surface area is 169 Å². The number of esters is 1. The summed E-state index contributed by atoms with van der Waals surface area (Å²) in [7, 11) is 0. The summed E-state index contributed by atoms with van der Waals surface area (Å²) < 4.78 is 6.55. The van der Waals surface area contributed by atoms with Gasteiger partial charge in [0, 0.05) is 18.5 Å². The predicted octanol–water partition coefficient (Wildman–Crippen LogP) is 4.40. The van der Waals surface area contributed by atoms with E-state index in [-0.39, 0.29) is 23.5 Å². The summed E-state index contributed by atoms with van der Waals surface area (Å²) in [6.07, 6.45) is 0.672. The van der Waals surface area contributed by atoms with Crippen LogP contribution in [0.1, 0.15) is 25.3 Å². The lowest BCUT2D eigenvalue weighted by atomic mass is 9.98. The van der Waals surface area contributed by atoms with Crippen molar-refractivity contribution in [3.63, 3.8) is 0 Å². The molecule has 0 saturated heterocycles. The highest BCUT2D eigenvalue weighted by Gasteiger charge is 2.17. The topological polar surface area (TPSA) is 72.1 Å². The van der Waals surface area contributed by atoms with Crippen LogP contribution in [0.15, 0.2) is 71.5 Å². The van der Waals surface area contributed by atoms with Gasteiger partial charge in [0.15, 0.2) is 0 Å². The first-order valence-electron chi connectivity index (χ1n) is 9.60. The zero-order valence-corrected chi connectivity index (χ0v) is 16.3. The van der Waals surface area contributed by atoms with Crippen LogP contribution in [-0.2, 0) is 16.1 Å².